The van der Waals surface area contributed by atoms with Gasteiger partial charge < -0.3 is 15.4 Å². The lowest BCUT2D eigenvalue weighted by Gasteiger charge is -2.21. The van der Waals surface area contributed by atoms with Gasteiger partial charge in [0, 0.05) is 19.6 Å². The molecule has 34 heavy (non-hydrogen) atoms. The molecule has 0 atom stereocenters. The molecule has 11 heteroatoms. The lowest BCUT2D eigenvalue weighted by atomic mass is 10.2. The molecule has 1 heterocycles. The van der Waals surface area contributed by atoms with E-state index in [0.29, 0.717) is 37.5 Å². The number of carbonyl (C=O) groups excluding carboxylic acids is 2. The minimum Gasteiger partial charge on any atom is -0.495 e. The second-order valence-corrected chi connectivity index (χ2v) is 9.95. The van der Waals surface area contributed by atoms with Crippen LogP contribution in [0.5, 0.6) is 5.75 Å². The summed E-state index contributed by atoms with van der Waals surface area (Å²) in [5, 5.41) is 5.32. The number of rotatable bonds is 8. The largest absolute Gasteiger partial charge is 0.495 e. The van der Waals surface area contributed by atoms with Crippen molar-refractivity contribution in [2.75, 3.05) is 51.7 Å². The zero-order valence-corrected chi connectivity index (χ0v) is 20.0. The van der Waals surface area contributed by atoms with Crippen LogP contribution in [0.25, 0.3) is 0 Å². The Kier molecular flexibility index (Phi) is 8.59. The molecule has 1 aliphatic heterocycles. The topological polar surface area (TPSA) is 108 Å². The van der Waals surface area contributed by atoms with Gasteiger partial charge in [0.1, 0.15) is 11.6 Å². The summed E-state index contributed by atoms with van der Waals surface area (Å²) in [5.41, 5.74) is 1.48. The molecule has 2 N–H and O–H groups in total. The number of nitrogens with one attached hydrogen (secondary N) is 2. The molecule has 0 radical (unpaired) electrons. The number of hydrogen-bond acceptors (Lipinski definition) is 6. The Labute approximate surface area is 198 Å². The first-order valence-electron chi connectivity index (χ1n) is 10.9. The maximum Gasteiger partial charge on any atom is 0.243 e. The molecule has 2 amide bonds. The van der Waals surface area contributed by atoms with Gasteiger partial charge >= 0.3 is 0 Å². The van der Waals surface area contributed by atoms with Crippen molar-refractivity contribution in [3.8, 4) is 5.75 Å². The first-order chi connectivity index (χ1) is 16.2. The van der Waals surface area contributed by atoms with E-state index in [1.54, 1.807) is 12.1 Å². The number of methoxy groups -OCH3 is 1. The summed E-state index contributed by atoms with van der Waals surface area (Å²) in [6.07, 6.45) is 0.543. The van der Waals surface area contributed by atoms with E-state index in [1.807, 2.05) is 17.9 Å². The Morgan fingerprint density at radius 3 is 2.47 bits per heavy atom. The standard InChI is InChI=1S/C23H29FN4O5S/c1-17-4-9-21(33-2)20(14-17)26-22(29)15-25-23(30)16-27-10-3-11-28(13-12-27)34(31,32)19-7-5-18(24)6-8-19/h4-9,14H,3,10-13,15-16H2,1-2H3,(H,25,30)(H,26,29). The van der Waals surface area contributed by atoms with Crippen molar-refractivity contribution in [3.63, 3.8) is 0 Å². The SMILES string of the molecule is COc1ccc(C)cc1NC(=O)CNC(=O)CN1CCCN(S(=O)(=O)c2ccc(F)cc2)CC1. The summed E-state index contributed by atoms with van der Waals surface area (Å²) in [5.74, 6) is -0.695. The lowest BCUT2D eigenvalue weighted by Crippen LogP contribution is -2.42. The van der Waals surface area contributed by atoms with Gasteiger partial charge in [-0.1, -0.05) is 6.07 Å². The highest BCUT2D eigenvalue weighted by Crippen LogP contribution is 2.25. The van der Waals surface area contributed by atoms with Crippen LogP contribution in [0.2, 0.25) is 0 Å². The van der Waals surface area contributed by atoms with Crippen molar-refractivity contribution >= 4 is 27.5 Å². The van der Waals surface area contributed by atoms with E-state index in [2.05, 4.69) is 10.6 Å². The number of ether oxygens (including phenoxy) is 1. The number of sulfonamides is 1. The number of anilines is 1. The number of carbonyl (C=O) groups is 2. The van der Waals surface area contributed by atoms with E-state index in [-0.39, 0.29) is 36.3 Å². The highest BCUT2D eigenvalue weighted by atomic mass is 32.2. The average Bonchev–Trinajstić information content (AvgIpc) is 3.04. The summed E-state index contributed by atoms with van der Waals surface area (Å²) in [7, 11) is -2.23. The quantitative estimate of drug-likeness (QED) is 0.580. The van der Waals surface area contributed by atoms with Crippen molar-refractivity contribution < 1.29 is 27.1 Å². The van der Waals surface area contributed by atoms with Crippen LogP contribution >= 0.6 is 0 Å². The summed E-state index contributed by atoms with van der Waals surface area (Å²) in [6, 6.07) is 10.1. The van der Waals surface area contributed by atoms with Crippen LogP contribution in [0.15, 0.2) is 47.4 Å². The second kappa shape index (κ2) is 11.4. The predicted octanol–water partition coefficient (Wildman–Crippen LogP) is 1.59. The summed E-state index contributed by atoms with van der Waals surface area (Å²) >= 11 is 0. The predicted molar refractivity (Wildman–Crippen MR) is 126 cm³/mol. The van der Waals surface area contributed by atoms with Crippen molar-refractivity contribution in [1.29, 1.82) is 0 Å². The Morgan fingerprint density at radius 2 is 1.76 bits per heavy atom. The zero-order valence-electron chi connectivity index (χ0n) is 19.2. The van der Waals surface area contributed by atoms with Gasteiger partial charge in [-0.3, -0.25) is 14.5 Å². The van der Waals surface area contributed by atoms with Crippen LogP contribution in [0.1, 0.15) is 12.0 Å². The Hall–Kier alpha value is -3.02. The van der Waals surface area contributed by atoms with E-state index in [0.717, 1.165) is 17.7 Å². The second-order valence-electron chi connectivity index (χ2n) is 8.02. The third kappa shape index (κ3) is 6.75. The number of hydrogen-bond donors (Lipinski definition) is 2. The van der Waals surface area contributed by atoms with Crippen LogP contribution < -0.4 is 15.4 Å². The van der Waals surface area contributed by atoms with Crippen molar-refractivity contribution in [1.82, 2.24) is 14.5 Å². The van der Waals surface area contributed by atoms with Crippen LogP contribution in [0, 0.1) is 12.7 Å². The molecule has 2 aromatic rings. The van der Waals surface area contributed by atoms with Crippen LogP contribution in [-0.4, -0.2) is 75.8 Å². The van der Waals surface area contributed by atoms with E-state index in [9.17, 15) is 22.4 Å². The van der Waals surface area contributed by atoms with Crippen LogP contribution in [0.3, 0.4) is 0 Å². The molecule has 9 nitrogen and oxygen atoms in total. The highest BCUT2D eigenvalue weighted by molar-refractivity contribution is 7.89. The number of halogens is 1. The monoisotopic (exact) mass is 492 g/mol. The van der Waals surface area contributed by atoms with E-state index in [1.165, 1.54) is 23.5 Å². The molecule has 1 fully saturated rings. The molecule has 1 saturated heterocycles. The Morgan fingerprint density at radius 1 is 1.03 bits per heavy atom. The summed E-state index contributed by atoms with van der Waals surface area (Å²) < 4.78 is 45.4. The maximum absolute atomic E-state index is 13.1. The van der Waals surface area contributed by atoms with Gasteiger partial charge in [-0.15, -0.1) is 0 Å². The third-order valence-electron chi connectivity index (χ3n) is 5.44. The molecule has 1 aliphatic rings. The molecule has 0 bridgehead atoms. The highest BCUT2D eigenvalue weighted by Gasteiger charge is 2.27. The molecule has 3 rings (SSSR count). The van der Waals surface area contributed by atoms with Gasteiger partial charge in [-0.25, -0.2) is 12.8 Å². The first-order valence-corrected chi connectivity index (χ1v) is 12.3. The average molecular weight is 493 g/mol. The molecule has 0 spiro atoms. The van der Waals surface area contributed by atoms with Crippen LogP contribution in [-0.2, 0) is 19.6 Å². The number of amides is 2. The fraction of sp³-hybridized carbons (Fsp3) is 0.391. The molecule has 0 unspecified atom stereocenters. The molecule has 0 saturated carbocycles. The van der Waals surface area contributed by atoms with Gasteiger partial charge in [0.25, 0.3) is 0 Å². The van der Waals surface area contributed by atoms with Gasteiger partial charge in [0.2, 0.25) is 21.8 Å². The summed E-state index contributed by atoms with van der Waals surface area (Å²) in [4.78, 5) is 26.5. The number of nitrogens with zero attached hydrogens (tertiary/aromatic N) is 2. The van der Waals surface area contributed by atoms with Gasteiger partial charge in [0.15, 0.2) is 0 Å². The minimum absolute atomic E-state index is 0.0383. The fourth-order valence-electron chi connectivity index (χ4n) is 3.65. The maximum atomic E-state index is 13.1. The first kappa shape index (κ1) is 25.6. The smallest absolute Gasteiger partial charge is 0.243 e. The third-order valence-corrected chi connectivity index (χ3v) is 7.35. The number of benzene rings is 2. The van der Waals surface area contributed by atoms with E-state index in [4.69, 9.17) is 4.74 Å². The molecular weight excluding hydrogens is 463 g/mol. The molecule has 184 valence electrons. The molecular formula is C23H29FN4O5S. The molecule has 0 aromatic heterocycles. The fourth-order valence-corrected chi connectivity index (χ4v) is 5.12. The van der Waals surface area contributed by atoms with Crippen LogP contribution in [0.4, 0.5) is 10.1 Å². The van der Waals surface area contributed by atoms with E-state index < -0.39 is 15.8 Å². The lowest BCUT2D eigenvalue weighted by molar-refractivity contribution is -0.125. The van der Waals surface area contributed by atoms with Gasteiger partial charge in [-0.2, -0.15) is 4.31 Å². The number of aryl methyl sites for hydroxylation is 1. The molecule has 0 aliphatic carbocycles. The van der Waals surface area contributed by atoms with Gasteiger partial charge in [-0.05, 0) is 61.9 Å². The van der Waals surface area contributed by atoms with Crippen molar-refractivity contribution in [2.24, 2.45) is 0 Å². The Balaban J connectivity index is 1.48. The van der Waals surface area contributed by atoms with Crippen molar-refractivity contribution in [2.45, 2.75) is 18.2 Å². The van der Waals surface area contributed by atoms with Crippen molar-refractivity contribution in [3.05, 3.63) is 53.8 Å². The molecule has 2 aromatic carbocycles. The normalized spacial score (nSPS) is 15.4. The zero-order chi connectivity index (χ0) is 24.7. The van der Waals surface area contributed by atoms with Gasteiger partial charge in [0.05, 0.1) is 30.8 Å². The minimum atomic E-state index is -3.74. The Bertz CT molecular complexity index is 1120. The van der Waals surface area contributed by atoms with E-state index >= 15 is 0 Å². The summed E-state index contributed by atoms with van der Waals surface area (Å²) in [6.45, 7) is 3.15.